The molecule has 1 aromatic carbocycles. The normalized spacial score (nSPS) is 11.9. The molecule has 0 fully saturated rings. The summed E-state index contributed by atoms with van der Waals surface area (Å²) in [6, 6.07) is 5.91. The smallest absolute Gasteiger partial charge is 0.260 e. The fourth-order valence-electron chi connectivity index (χ4n) is 1.84. The molecule has 26 heavy (non-hydrogen) atoms. The molecule has 0 saturated heterocycles. The molecule has 1 heterocycles. The number of hydrogen-bond donors (Lipinski definition) is 3. The first-order valence-corrected chi connectivity index (χ1v) is 10.8. The second-order valence-electron chi connectivity index (χ2n) is 5.28. The Bertz CT molecular complexity index is 938. The summed E-state index contributed by atoms with van der Waals surface area (Å²) >= 11 is 0. The lowest BCUT2D eigenvalue weighted by atomic mass is 10.3. The number of H-pyrrole nitrogens is 1. The Morgan fingerprint density at radius 2 is 1.85 bits per heavy atom. The number of nitrogens with zero attached hydrogens (tertiary/aromatic N) is 1. The summed E-state index contributed by atoms with van der Waals surface area (Å²) < 4.78 is 51.6. The summed E-state index contributed by atoms with van der Waals surface area (Å²) in [5, 5.41) is 5.88. The average molecular weight is 402 g/mol. The highest BCUT2D eigenvalue weighted by Crippen LogP contribution is 2.16. The largest absolute Gasteiger partial charge is 0.494 e. The number of carbonyl (C=O) groups excluding carboxylic acids is 1. The molecular weight excluding hydrogens is 384 g/mol. The molecule has 3 N–H and O–H groups in total. The molecule has 0 saturated carbocycles. The molecule has 0 aliphatic rings. The van der Waals surface area contributed by atoms with Gasteiger partial charge < -0.3 is 4.74 Å². The van der Waals surface area contributed by atoms with Gasteiger partial charge in [-0.15, -0.1) is 4.83 Å². The molecule has 1 amide bonds. The molecule has 0 unspecified atom stereocenters. The van der Waals surface area contributed by atoms with E-state index in [9.17, 15) is 21.6 Å². The maximum Gasteiger partial charge on any atom is 0.260 e. The molecule has 2 rings (SSSR count). The third-order valence-electron chi connectivity index (χ3n) is 3.18. The fourth-order valence-corrected chi connectivity index (χ4v) is 3.23. The van der Waals surface area contributed by atoms with E-state index in [-0.39, 0.29) is 22.8 Å². The van der Waals surface area contributed by atoms with Crippen LogP contribution < -0.4 is 15.0 Å². The number of amides is 1. The third-order valence-corrected chi connectivity index (χ3v) is 5.52. The van der Waals surface area contributed by atoms with E-state index in [0.29, 0.717) is 12.2 Å². The Morgan fingerprint density at radius 1 is 1.15 bits per heavy atom. The predicted octanol–water partition coefficient (Wildman–Crippen LogP) is -0.0181. The van der Waals surface area contributed by atoms with Gasteiger partial charge in [-0.1, -0.05) is 0 Å². The minimum Gasteiger partial charge on any atom is -0.494 e. The summed E-state index contributed by atoms with van der Waals surface area (Å²) in [4.78, 5) is 13.7. The van der Waals surface area contributed by atoms with Gasteiger partial charge in [0, 0.05) is 18.9 Å². The van der Waals surface area contributed by atoms with Gasteiger partial charge in [-0.25, -0.2) is 16.8 Å². The molecule has 0 radical (unpaired) electrons. The lowest BCUT2D eigenvalue weighted by Crippen LogP contribution is -2.41. The number of hydrogen-bond acceptors (Lipinski definition) is 7. The first-order valence-electron chi connectivity index (χ1n) is 7.41. The van der Waals surface area contributed by atoms with E-state index in [1.807, 2.05) is 4.83 Å². The van der Waals surface area contributed by atoms with E-state index in [4.69, 9.17) is 4.74 Å². The summed E-state index contributed by atoms with van der Waals surface area (Å²) in [6.07, 6.45) is 3.78. The standard InChI is InChI=1S/C14H18N4O6S2/c1-25(20,21)12-6-4-11(5-7-12)24-8-2-3-14(19)17-18-26(22,23)13-9-15-16-10-13/h4-7,9-10,18H,2-3,8H2,1H3,(H,15,16)(H,17,19). The molecule has 0 aliphatic carbocycles. The Labute approximate surface area is 150 Å². The molecular formula is C14H18N4O6S2. The predicted molar refractivity (Wildman–Crippen MR) is 91.3 cm³/mol. The van der Waals surface area contributed by atoms with Crippen LogP contribution in [0.1, 0.15) is 12.8 Å². The molecule has 0 spiro atoms. The van der Waals surface area contributed by atoms with Crippen LogP contribution in [0, 0.1) is 0 Å². The number of carbonyl (C=O) groups is 1. The van der Waals surface area contributed by atoms with Gasteiger partial charge in [0.25, 0.3) is 10.0 Å². The highest BCUT2D eigenvalue weighted by atomic mass is 32.2. The monoisotopic (exact) mass is 402 g/mol. The number of rotatable bonds is 9. The van der Waals surface area contributed by atoms with Gasteiger partial charge in [0.2, 0.25) is 5.91 Å². The van der Waals surface area contributed by atoms with Crippen molar-refractivity contribution >= 4 is 25.8 Å². The van der Waals surface area contributed by atoms with E-state index < -0.39 is 25.8 Å². The van der Waals surface area contributed by atoms with Crippen LogP contribution in [0.15, 0.2) is 46.5 Å². The van der Waals surface area contributed by atoms with E-state index in [0.717, 1.165) is 12.5 Å². The number of sulfone groups is 1. The molecule has 0 aliphatic heterocycles. The Balaban J connectivity index is 1.70. The minimum absolute atomic E-state index is 0.0370. The second kappa shape index (κ2) is 8.29. The Kier molecular flexibility index (Phi) is 6.34. The van der Waals surface area contributed by atoms with Crippen molar-refractivity contribution in [1.82, 2.24) is 20.5 Å². The Morgan fingerprint density at radius 3 is 2.42 bits per heavy atom. The maximum absolute atomic E-state index is 11.8. The zero-order valence-electron chi connectivity index (χ0n) is 13.8. The SMILES string of the molecule is CS(=O)(=O)c1ccc(OCCCC(=O)NNS(=O)(=O)c2cn[nH]c2)cc1. The number of ether oxygens (including phenoxy) is 1. The summed E-state index contributed by atoms with van der Waals surface area (Å²) in [6.45, 7) is 0.208. The zero-order chi connectivity index (χ0) is 19.2. The van der Waals surface area contributed by atoms with Crippen LogP contribution in [0.4, 0.5) is 0 Å². The third kappa shape index (κ3) is 5.82. The van der Waals surface area contributed by atoms with Crippen molar-refractivity contribution in [2.75, 3.05) is 12.9 Å². The van der Waals surface area contributed by atoms with Crippen LogP contribution in [0.3, 0.4) is 0 Å². The van der Waals surface area contributed by atoms with Crippen molar-refractivity contribution in [3.63, 3.8) is 0 Å². The van der Waals surface area contributed by atoms with E-state index in [2.05, 4.69) is 15.6 Å². The zero-order valence-corrected chi connectivity index (χ0v) is 15.4. The van der Waals surface area contributed by atoms with Gasteiger partial charge >= 0.3 is 0 Å². The topological polar surface area (TPSA) is 147 Å². The molecule has 10 nitrogen and oxygen atoms in total. The van der Waals surface area contributed by atoms with Gasteiger partial charge in [-0.05, 0) is 30.7 Å². The van der Waals surface area contributed by atoms with Crippen LogP contribution >= 0.6 is 0 Å². The van der Waals surface area contributed by atoms with Gasteiger partial charge in [-0.2, -0.15) is 5.10 Å². The molecule has 2 aromatic rings. The lowest BCUT2D eigenvalue weighted by molar-refractivity contribution is -0.121. The second-order valence-corrected chi connectivity index (χ2v) is 8.98. The van der Waals surface area contributed by atoms with Crippen molar-refractivity contribution in [2.45, 2.75) is 22.6 Å². The van der Waals surface area contributed by atoms with Gasteiger partial charge in [0.15, 0.2) is 9.84 Å². The van der Waals surface area contributed by atoms with Crippen LogP contribution in [-0.2, 0) is 24.7 Å². The van der Waals surface area contributed by atoms with Crippen LogP contribution in [-0.4, -0.2) is 45.8 Å². The van der Waals surface area contributed by atoms with Crippen LogP contribution in [0.2, 0.25) is 0 Å². The molecule has 0 atom stereocenters. The highest BCUT2D eigenvalue weighted by Gasteiger charge is 2.15. The quantitative estimate of drug-likeness (QED) is 0.394. The van der Waals surface area contributed by atoms with Gasteiger partial charge in [0.05, 0.1) is 17.7 Å². The summed E-state index contributed by atoms with van der Waals surface area (Å²) in [5.41, 5.74) is 2.09. The van der Waals surface area contributed by atoms with Crippen LogP contribution in [0.5, 0.6) is 5.75 Å². The summed E-state index contributed by atoms with van der Waals surface area (Å²) in [5.74, 6) is -0.0495. The summed E-state index contributed by atoms with van der Waals surface area (Å²) in [7, 11) is -7.12. The van der Waals surface area contributed by atoms with Crippen molar-refractivity contribution < 1.29 is 26.4 Å². The van der Waals surface area contributed by atoms with E-state index in [1.54, 1.807) is 0 Å². The van der Waals surface area contributed by atoms with E-state index >= 15 is 0 Å². The number of aromatic nitrogens is 2. The number of benzene rings is 1. The van der Waals surface area contributed by atoms with Crippen molar-refractivity contribution in [1.29, 1.82) is 0 Å². The van der Waals surface area contributed by atoms with Crippen molar-refractivity contribution in [2.24, 2.45) is 0 Å². The average Bonchev–Trinajstić information content (AvgIpc) is 3.12. The molecule has 142 valence electrons. The first kappa shape index (κ1) is 19.9. The minimum atomic E-state index is -3.86. The number of aromatic amines is 1. The number of hydrazine groups is 1. The van der Waals surface area contributed by atoms with E-state index in [1.165, 1.54) is 30.5 Å². The maximum atomic E-state index is 11.8. The Hall–Kier alpha value is -2.44. The lowest BCUT2D eigenvalue weighted by Gasteiger charge is -2.08. The fraction of sp³-hybridized carbons (Fsp3) is 0.286. The number of sulfonamides is 1. The molecule has 12 heteroatoms. The molecule has 0 bridgehead atoms. The first-order chi connectivity index (χ1) is 12.2. The molecule has 1 aromatic heterocycles. The number of nitrogens with one attached hydrogen (secondary N) is 3. The van der Waals surface area contributed by atoms with Crippen LogP contribution in [0.25, 0.3) is 0 Å². The van der Waals surface area contributed by atoms with Crippen molar-refractivity contribution in [3.05, 3.63) is 36.7 Å². The highest BCUT2D eigenvalue weighted by molar-refractivity contribution is 7.90. The van der Waals surface area contributed by atoms with Crippen molar-refractivity contribution in [3.8, 4) is 5.75 Å². The van der Waals surface area contributed by atoms with Gasteiger partial charge in [0.1, 0.15) is 10.6 Å². The van der Waals surface area contributed by atoms with Gasteiger partial charge in [-0.3, -0.25) is 15.3 Å².